The maximum absolute atomic E-state index is 12.4. The second kappa shape index (κ2) is 8.54. The minimum atomic E-state index is -4.13. The summed E-state index contributed by atoms with van der Waals surface area (Å²) in [4.78, 5) is 23.0. The normalized spacial score (nSPS) is 17.7. The van der Waals surface area contributed by atoms with Gasteiger partial charge >= 0.3 is 5.97 Å². The van der Waals surface area contributed by atoms with E-state index in [1.165, 1.54) is 0 Å². The lowest BCUT2D eigenvalue weighted by molar-refractivity contribution is -0.384. The molecule has 3 N–H and O–H groups in total. The number of likely N-dealkylation sites (tertiary alicyclic amines) is 1. The second-order valence-corrected chi connectivity index (χ2v) is 7.90. The Hall–Kier alpha value is -2.08. The molecule has 26 heavy (non-hydrogen) atoms. The Morgan fingerprint density at radius 1 is 1.31 bits per heavy atom. The number of hydrogen-bond acceptors (Lipinski definition) is 7. The minimum absolute atomic E-state index is 0.000304. The number of rotatable bonds is 8. The van der Waals surface area contributed by atoms with Crippen LogP contribution in [0.3, 0.4) is 0 Å². The molecule has 1 unspecified atom stereocenters. The van der Waals surface area contributed by atoms with E-state index in [1.807, 2.05) is 4.90 Å². The fraction of sp³-hybridized carbons (Fsp3) is 0.533. The molecule has 0 amide bonds. The SMILES string of the molecule is O=C(O)C(CN1CCC(CO)CC1)NS(=O)(=O)c1ccc([N+](=O)[O-])cc1. The summed E-state index contributed by atoms with van der Waals surface area (Å²) in [6, 6.07) is 2.87. The van der Waals surface area contributed by atoms with Crippen LogP contribution in [0.25, 0.3) is 0 Å². The van der Waals surface area contributed by atoms with Crippen molar-refractivity contribution < 1.29 is 28.3 Å². The van der Waals surface area contributed by atoms with Crippen molar-refractivity contribution in [1.82, 2.24) is 9.62 Å². The number of nitrogens with zero attached hydrogens (tertiary/aromatic N) is 2. The minimum Gasteiger partial charge on any atom is -0.480 e. The van der Waals surface area contributed by atoms with Gasteiger partial charge < -0.3 is 15.1 Å². The summed E-state index contributed by atoms with van der Waals surface area (Å²) in [5.41, 5.74) is -0.259. The number of aliphatic carboxylic acids is 1. The summed E-state index contributed by atoms with van der Waals surface area (Å²) in [6.45, 7) is 1.24. The number of non-ortho nitro benzene ring substituents is 1. The van der Waals surface area contributed by atoms with Crippen molar-refractivity contribution in [2.75, 3.05) is 26.2 Å². The first kappa shape index (κ1) is 20.2. The third kappa shape index (κ3) is 5.21. The van der Waals surface area contributed by atoms with Crippen LogP contribution in [0.5, 0.6) is 0 Å². The average molecular weight is 387 g/mol. The number of carboxylic acids is 1. The number of sulfonamides is 1. The predicted octanol–water partition coefficient (Wildman–Crippen LogP) is 0.0306. The monoisotopic (exact) mass is 387 g/mol. The van der Waals surface area contributed by atoms with Crippen molar-refractivity contribution in [3.63, 3.8) is 0 Å². The molecule has 1 saturated heterocycles. The largest absolute Gasteiger partial charge is 0.480 e. The van der Waals surface area contributed by atoms with Crippen molar-refractivity contribution in [3.8, 4) is 0 Å². The number of hydrogen-bond donors (Lipinski definition) is 3. The highest BCUT2D eigenvalue weighted by Crippen LogP contribution is 2.18. The number of aliphatic hydroxyl groups is 1. The molecule has 1 fully saturated rings. The number of carbonyl (C=O) groups is 1. The van der Waals surface area contributed by atoms with Crippen LogP contribution in [0.2, 0.25) is 0 Å². The van der Waals surface area contributed by atoms with Gasteiger partial charge in [-0.2, -0.15) is 4.72 Å². The Kier molecular flexibility index (Phi) is 6.64. The van der Waals surface area contributed by atoms with Crippen LogP contribution in [0.1, 0.15) is 12.8 Å². The van der Waals surface area contributed by atoms with E-state index in [1.54, 1.807) is 0 Å². The van der Waals surface area contributed by atoms with E-state index in [2.05, 4.69) is 4.72 Å². The standard InChI is InChI=1S/C15H21N3O7S/c19-10-11-5-7-17(8-6-11)9-14(15(20)21)16-26(24,25)13-3-1-12(2-4-13)18(22)23/h1-4,11,14,16,19H,5-10H2,(H,20,21). The Balaban J connectivity index is 2.06. The Morgan fingerprint density at radius 3 is 2.35 bits per heavy atom. The van der Waals surface area contributed by atoms with Crippen molar-refractivity contribution in [2.45, 2.75) is 23.8 Å². The number of piperidine rings is 1. The van der Waals surface area contributed by atoms with Crippen molar-refractivity contribution in [3.05, 3.63) is 34.4 Å². The first-order chi connectivity index (χ1) is 12.2. The zero-order chi connectivity index (χ0) is 19.3. The molecule has 2 rings (SSSR count). The molecule has 11 heteroatoms. The Bertz CT molecular complexity index is 743. The van der Waals surface area contributed by atoms with E-state index in [0.29, 0.717) is 13.1 Å². The van der Waals surface area contributed by atoms with E-state index in [-0.39, 0.29) is 29.7 Å². The molecule has 10 nitrogen and oxygen atoms in total. The zero-order valence-corrected chi connectivity index (χ0v) is 14.8. The fourth-order valence-electron chi connectivity index (χ4n) is 2.78. The lowest BCUT2D eigenvalue weighted by Crippen LogP contribution is -2.50. The van der Waals surface area contributed by atoms with Gasteiger partial charge in [0.25, 0.3) is 5.69 Å². The third-order valence-corrected chi connectivity index (χ3v) is 5.85. The average Bonchev–Trinajstić information content (AvgIpc) is 2.61. The molecule has 1 aromatic carbocycles. The van der Waals surface area contributed by atoms with Crippen LogP contribution < -0.4 is 4.72 Å². The lowest BCUT2D eigenvalue weighted by Gasteiger charge is -2.32. The summed E-state index contributed by atoms with van der Waals surface area (Å²) in [7, 11) is -4.13. The molecular formula is C15H21N3O7S. The molecule has 0 saturated carbocycles. The van der Waals surface area contributed by atoms with Crippen LogP contribution in [0.15, 0.2) is 29.2 Å². The van der Waals surface area contributed by atoms with Crippen LogP contribution in [0.4, 0.5) is 5.69 Å². The van der Waals surface area contributed by atoms with Crippen LogP contribution in [-0.4, -0.2) is 66.7 Å². The van der Waals surface area contributed by atoms with Gasteiger partial charge in [0, 0.05) is 25.3 Å². The molecule has 0 aromatic heterocycles. The number of nitrogens with one attached hydrogen (secondary N) is 1. The quantitative estimate of drug-likeness (QED) is 0.418. The number of nitro benzene ring substituents is 1. The molecule has 0 aliphatic carbocycles. The van der Waals surface area contributed by atoms with Crippen molar-refractivity contribution in [1.29, 1.82) is 0 Å². The van der Waals surface area contributed by atoms with Gasteiger partial charge in [-0.05, 0) is 44.0 Å². The van der Waals surface area contributed by atoms with Gasteiger partial charge in [-0.15, -0.1) is 0 Å². The van der Waals surface area contributed by atoms with Crippen molar-refractivity contribution in [2.24, 2.45) is 5.92 Å². The predicted molar refractivity (Wildman–Crippen MR) is 91.1 cm³/mol. The van der Waals surface area contributed by atoms with Gasteiger partial charge in [-0.1, -0.05) is 0 Å². The lowest BCUT2D eigenvalue weighted by atomic mass is 9.97. The van der Waals surface area contributed by atoms with Gasteiger partial charge in [0.15, 0.2) is 0 Å². The Labute approximate surface area is 150 Å². The molecule has 0 bridgehead atoms. The first-order valence-corrected chi connectivity index (χ1v) is 9.54. The molecule has 0 spiro atoms. The number of carboxylic acid groups (broad SMARTS) is 1. The van der Waals surface area contributed by atoms with Gasteiger partial charge in [0.05, 0.1) is 9.82 Å². The zero-order valence-electron chi connectivity index (χ0n) is 13.9. The molecule has 1 aromatic rings. The molecule has 1 aliphatic heterocycles. The third-order valence-electron chi connectivity index (χ3n) is 4.36. The van der Waals surface area contributed by atoms with E-state index in [4.69, 9.17) is 5.11 Å². The summed E-state index contributed by atoms with van der Waals surface area (Å²) in [6.07, 6.45) is 1.44. The van der Waals surface area contributed by atoms with Crippen LogP contribution in [0, 0.1) is 16.0 Å². The number of benzene rings is 1. The van der Waals surface area contributed by atoms with Gasteiger partial charge in [-0.25, -0.2) is 8.42 Å². The summed E-state index contributed by atoms with van der Waals surface area (Å²) >= 11 is 0. The topological polar surface area (TPSA) is 150 Å². The Morgan fingerprint density at radius 2 is 1.88 bits per heavy atom. The molecule has 1 aliphatic rings. The maximum atomic E-state index is 12.4. The smallest absolute Gasteiger partial charge is 0.323 e. The second-order valence-electron chi connectivity index (χ2n) is 6.19. The number of nitro groups is 1. The van der Waals surface area contributed by atoms with Gasteiger partial charge in [0.1, 0.15) is 6.04 Å². The van der Waals surface area contributed by atoms with E-state index in [0.717, 1.165) is 37.1 Å². The van der Waals surface area contributed by atoms with Gasteiger partial charge in [0.2, 0.25) is 10.0 Å². The highest BCUT2D eigenvalue weighted by molar-refractivity contribution is 7.89. The summed E-state index contributed by atoms with van der Waals surface area (Å²) in [5.74, 6) is -1.12. The summed E-state index contributed by atoms with van der Waals surface area (Å²) < 4.78 is 26.9. The first-order valence-electron chi connectivity index (χ1n) is 8.05. The molecule has 144 valence electrons. The molecule has 1 atom stereocenters. The molecular weight excluding hydrogens is 366 g/mol. The fourth-order valence-corrected chi connectivity index (χ4v) is 3.96. The molecule has 0 radical (unpaired) electrons. The molecule has 1 heterocycles. The highest BCUT2D eigenvalue weighted by Gasteiger charge is 2.29. The van der Waals surface area contributed by atoms with Crippen LogP contribution >= 0.6 is 0 Å². The highest BCUT2D eigenvalue weighted by atomic mass is 32.2. The maximum Gasteiger partial charge on any atom is 0.323 e. The van der Waals surface area contributed by atoms with Gasteiger partial charge in [-0.3, -0.25) is 14.9 Å². The van der Waals surface area contributed by atoms with Crippen molar-refractivity contribution >= 4 is 21.7 Å². The number of aliphatic hydroxyl groups excluding tert-OH is 1. The van der Waals surface area contributed by atoms with E-state index < -0.39 is 27.0 Å². The van der Waals surface area contributed by atoms with E-state index in [9.17, 15) is 28.4 Å². The summed E-state index contributed by atoms with van der Waals surface area (Å²) in [5, 5.41) is 29.1. The van der Waals surface area contributed by atoms with E-state index >= 15 is 0 Å². The van der Waals surface area contributed by atoms with Crippen LogP contribution in [-0.2, 0) is 14.8 Å².